The molecule has 28 heavy (non-hydrogen) atoms. The predicted molar refractivity (Wildman–Crippen MR) is 105 cm³/mol. The third-order valence-corrected chi connectivity index (χ3v) is 6.01. The van der Waals surface area contributed by atoms with Crippen molar-refractivity contribution in [2.75, 3.05) is 13.1 Å². The lowest BCUT2D eigenvalue weighted by molar-refractivity contribution is 0.205. The minimum Gasteiger partial charge on any atom is -0.467 e. The fraction of sp³-hybridized carbons (Fsp3) is 0.476. The first-order valence-corrected chi connectivity index (χ1v) is 10.2. The Morgan fingerprint density at radius 2 is 2.11 bits per heavy atom. The molecule has 2 aliphatic rings. The van der Waals surface area contributed by atoms with Crippen molar-refractivity contribution in [3.05, 3.63) is 48.3 Å². The van der Waals surface area contributed by atoms with E-state index in [-0.39, 0.29) is 12.1 Å². The van der Waals surface area contributed by atoms with Crippen LogP contribution in [0.3, 0.4) is 0 Å². The van der Waals surface area contributed by atoms with Crippen LogP contribution in [-0.2, 0) is 6.54 Å². The van der Waals surface area contributed by atoms with Crippen molar-refractivity contribution in [1.82, 2.24) is 24.8 Å². The maximum absolute atomic E-state index is 12.6. The van der Waals surface area contributed by atoms with Crippen molar-refractivity contribution >= 4 is 17.2 Å². The molecule has 7 heteroatoms. The molecule has 0 unspecified atom stereocenters. The van der Waals surface area contributed by atoms with Crippen molar-refractivity contribution in [3.8, 4) is 0 Å². The number of hydrogen-bond donors (Lipinski definition) is 1. The van der Waals surface area contributed by atoms with Crippen molar-refractivity contribution in [2.45, 2.75) is 50.6 Å². The van der Waals surface area contributed by atoms with E-state index in [1.54, 1.807) is 6.26 Å². The lowest BCUT2D eigenvalue weighted by Gasteiger charge is -2.20. The monoisotopic (exact) mass is 379 g/mol. The molecule has 4 heterocycles. The van der Waals surface area contributed by atoms with E-state index >= 15 is 0 Å². The number of pyridine rings is 1. The molecule has 0 bridgehead atoms. The molecule has 5 rings (SSSR count). The zero-order valence-electron chi connectivity index (χ0n) is 15.9. The Morgan fingerprint density at radius 3 is 2.93 bits per heavy atom. The molecule has 1 aliphatic carbocycles. The second kappa shape index (κ2) is 7.30. The van der Waals surface area contributed by atoms with Crippen molar-refractivity contribution < 1.29 is 9.21 Å². The van der Waals surface area contributed by atoms with Gasteiger partial charge >= 0.3 is 6.03 Å². The van der Waals surface area contributed by atoms with Crippen LogP contribution < -0.4 is 5.32 Å². The van der Waals surface area contributed by atoms with Gasteiger partial charge in [-0.25, -0.2) is 14.8 Å². The van der Waals surface area contributed by atoms with Crippen LogP contribution in [0.25, 0.3) is 11.2 Å². The number of imidazole rings is 1. The Bertz CT molecular complexity index is 959. The Balaban J connectivity index is 1.35. The fourth-order valence-electron chi connectivity index (χ4n) is 4.60. The highest BCUT2D eigenvalue weighted by molar-refractivity contribution is 5.75. The van der Waals surface area contributed by atoms with Gasteiger partial charge in [0.25, 0.3) is 0 Å². The average Bonchev–Trinajstić information content (AvgIpc) is 3.51. The molecule has 1 saturated carbocycles. The minimum atomic E-state index is -0.0429. The number of likely N-dealkylation sites (tertiary alicyclic amines) is 1. The summed E-state index contributed by atoms with van der Waals surface area (Å²) in [5.74, 6) is 2.43. The number of carbonyl (C=O) groups is 1. The first-order valence-electron chi connectivity index (χ1n) is 10.2. The van der Waals surface area contributed by atoms with Crippen LogP contribution in [0.2, 0.25) is 0 Å². The maximum Gasteiger partial charge on any atom is 0.317 e. The van der Waals surface area contributed by atoms with Crippen LogP contribution in [0.4, 0.5) is 4.79 Å². The summed E-state index contributed by atoms with van der Waals surface area (Å²) in [7, 11) is 0. The Kier molecular flexibility index (Phi) is 4.50. The summed E-state index contributed by atoms with van der Waals surface area (Å²) in [6, 6.07) is 7.86. The van der Waals surface area contributed by atoms with E-state index < -0.39 is 0 Å². The zero-order valence-corrected chi connectivity index (χ0v) is 15.9. The number of fused-ring (bicyclic) bond motifs is 1. The molecule has 146 valence electrons. The van der Waals surface area contributed by atoms with E-state index in [4.69, 9.17) is 9.40 Å². The van der Waals surface area contributed by atoms with Crippen LogP contribution in [0.15, 0.2) is 41.1 Å². The van der Waals surface area contributed by atoms with Crippen molar-refractivity contribution in [3.63, 3.8) is 0 Å². The van der Waals surface area contributed by atoms with Gasteiger partial charge in [-0.3, -0.25) is 0 Å². The number of nitrogens with zero attached hydrogens (tertiary/aromatic N) is 4. The van der Waals surface area contributed by atoms with Crippen LogP contribution in [-0.4, -0.2) is 38.6 Å². The number of furan rings is 1. The number of nitrogens with one attached hydrogen (secondary N) is 1. The molecular weight excluding hydrogens is 354 g/mol. The highest BCUT2D eigenvalue weighted by Gasteiger charge is 2.33. The topological polar surface area (TPSA) is 76.2 Å². The second-order valence-corrected chi connectivity index (χ2v) is 7.79. The van der Waals surface area contributed by atoms with E-state index in [9.17, 15) is 4.79 Å². The van der Waals surface area contributed by atoms with Crippen LogP contribution in [0.1, 0.15) is 55.6 Å². The Hall–Kier alpha value is -2.83. The molecule has 1 N–H and O–H groups in total. The fourth-order valence-corrected chi connectivity index (χ4v) is 4.60. The van der Waals surface area contributed by atoms with Gasteiger partial charge in [-0.15, -0.1) is 0 Å². The van der Waals surface area contributed by atoms with Crippen molar-refractivity contribution in [1.29, 1.82) is 0 Å². The molecule has 2 amide bonds. The van der Waals surface area contributed by atoms with Crippen LogP contribution >= 0.6 is 0 Å². The number of carbonyl (C=O) groups excluding carboxylic acids is 1. The number of aromatic nitrogens is 3. The summed E-state index contributed by atoms with van der Waals surface area (Å²) >= 11 is 0. The molecule has 1 atom stereocenters. The summed E-state index contributed by atoms with van der Waals surface area (Å²) in [6.07, 6.45) is 9.32. The maximum atomic E-state index is 12.6. The molecular formula is C21H25N5O2. The van der Waals surface area contributed by atoms with E-state index in [0.717, 1.165) is 35.7 Å². The van der Waals surface area contributed by atoms with Gasteiger partial charge in [-0.05, 0) is 43.5 Å². The molecule has 0 radical (unpaired) electrons. The molecule has 2 fully saturated rings. The molecule has 1 aliphatic heterocycles. The molecule has 0 spiro atoms. The lowest BCUT2D eigenvalue weighted by atomic mass is 10.1. The van der Waals surface area contributed by atoms with Gasteiger partial charge in [-0.1, -0.05) is 12.8 Å². The van der Waals surface area contributed by atoms with Crippen molar-refractivity contribution in [2.24, 2.45) is 0 Å². The van der Waals surface area contributed by atoms with E-state index in [1.807, 2.05) is 35.4 Å². The lowest BCUT2D eigenvalue weighted by Crippen LogP contribution is -2.38. The highest BCUT2D eigenvalue weighted by Crippen LogP contribution is 2.37. The SMILES string of the molecule is O=C(NCc1ccco1)N1CC[C@H](n2c(C3CCCC3)nc3cccnc32)C1. The number of amides is 2. The summed E-state index contributed by atoms with van der Waals surface area (Å²) in [4.78, 5) is 24.1. The quantitative estimate of drug-likeness (QED) is 0.747. The summed E-state index contributed by atoms with van der Waals surface area (Å²) in [5, 5.41) is 2.95. The standard InChI is InChI=1S/C21H25N5O2/c27-21(23-13-17-7-4-12-28-17)25-11-9-16(14-25)26-19(15-5-1-2-6-15)24-18-8-3-10-22-20(18)26/h3-4,7-8,10,12,15-16H,1-2,5-6,9,11,13-14H2,(H,23,27)/t16-/m0/s1. The number of hydrogen-bond acceptors (Lipinski definition) is 4. The molecule has 7 nitrogen and oxygen atoms in total. The van der Waals surface area contributed by atoms with Gasteiger partial charge in [0, 0.05) is 25.2 Å². The highest BCUT2D eigenvalue weighted by atomic mass is 16.3. The van der Waals surface area contributed by atoms with Crippen LogP contribution in [0, 0.1) is 0 Å². The van der Waals surface area contributed by atoms with Gasteiger partial charge in [0.15, 0.2) is 5.65 Å². The first-order chi connectivity index (χ1) is 13.8. The molecule has 3 aromatic heterocycles. The largest absolute Gasteiger partial charge is 0.467 e. The third kappa shape index (κ3) is 3.15. The smallest absolute Gasteiger partial charge is 0.317 e. The van der Waals surface area contributed by atoms with E-state index in [1.165, 1.54) is 25.7 Å². The van der Waals surface area contributed by atoms with Gasteiger partial charge in [0.1, 0.15) is 17.1 Å². The predicted octanol–water partition coefficient (Wildman–Crippen LogP) is 3.84. The third-order valence-electron chi connectivity index (χ3n) is 6.01. The van der Waals surface area contributed by atoms with Gasteiger partial charge in [0.2, 0.25) is 0 Å². The van der Waals surface area contributed by atoms with Gasteiger partial charge < -0.3 is 19.2 Å². The summed E-state index contributed by atoms with van der Waals surface area (Å²) < 4.78 is 7.62. The summed E-state index contributed by atoms with van der Waals surface area (Å²) in [6.45, 7) is 1.84. The average molecular weight is 379 g/mol. The van der Waals surface area contributed by atoms with Gasteiger partial charge in [-0.2, -0.15) is 0 Å². The van der Waals surface area contributed by atoms with Gasteiger partial charge in [0.05, 0.1) is 18.8 Å². The molecule has 1 saturated heterocycles. The second-order valence-electron chi connectivity index (χ2n) is 7.79. The normalized spacial score (nSPS) is 20.3. The first kappa shape index (κ1) is 17.3. The number of rotatable bonds is 4. The Morgan fingerprint density at radius 1 is 1.21 bits per heavy atom. The van der Waals surface area contributed by atoms with Crippen LogP contribution in [0.5, 0.6) is 0 Å². The number of urea groups is 1. The molecule has 0 aromatic carbocycles. The van der Waals surface area contributed by atoms with E-state index in [0.29, 0.717) is 19.0 Å². The Labute approximate surface area is 163 Å². The summed E-state index contributed by atoms with van der Waals surface area (Å²) in [5.41, 5.74) is 1.91. The molecule has 3 aromatic rings. The van der Waals surface area contributed by atoms with E-state index in [2.05, 4.69) is 14.9 Å². The zero-order chi connectivity index (χ0) is 18.9. The minimum absolute atomic E-state index is 0.0429.